The first kappa shape index (κ1) is 10.6. The minimum atomic E-state index is -0.616. The molecule has 0 bridgehead atoms. The number of rotatable bonds is 1. The van der Waals surface area contributed by atoms with Crippen molar-refractivity contribution in [2.75, 3.05) is 7.05 Å². The molecule has 0 saturated heterocycles. The molecule has 1 nitrogen and oxygen atoms in total. The van der Waals surface area contributed by atoms with E-state index in [4.69, 9.17) is 0 Å². The zero-order chi connectivity index (χ0) is 7.65. The van der Waals surface area contributed by atoms with Gasteiger partial charge < -0.3 is 4.57 Å². The Labute approximate surface area is 84.7 Å². The lowest BCUT2D eigenvalue weighted by Gasteiger charge is -2.32. The Hall–Kier alpha value is 1.64. The fourth-order valence-corrected chi connectivity index (χ4v) is 5.89. The third-order valence-electron chi connectivity index (χ3n) is 1.35. The molecule has 0 aromatic rings. The van der Waals surface area contributed by atoms with Gasteiger partial charge >= 0.3 is 0 Å². The van der Waals surface area contributed by atoms with Gasteiger partial charge in [0.2, 0.25) is 3.95 Å². The summed E-state index contributed by atoms with van der Waals surface area (Å²) in [5.41, 5.74) is 0.360. The molecule has 0 N–H and O–H groups in total. The molecule has 0 heterocycles. The van der Waals surface area contributed by atoms with E-state index in [0.29, 0.717) is 5.54 Å². The van der Waals surface area contributed by atoms with Crippen LogP contribution in [0, 0.1) is 0 Å². The van der Waals surface area contributed by atoms with Crippen molar-refractivity contribution in [2.45, 2.75) is 26.3 Å². The molecule has 0 fully saturated rings. The minimum Gasteiger partial charge on any atom is -0.309 e. The Kier molecular flexibility index (Phi) is 4.57. The Morgan fingerprint density at radius 3 is 1.56 bits per heavy atom. The summed E-state index contributed by atoms with van der Waals surface area (Å²) in [5.74, 6) is 0. The van der Waals surface area contributed by atoms with Crippen LogP contribution in [0.1, 0.15) is 20.8 Å². The summed E-state index contributed by atoms with van der Waals surface area (Å²) in [6.45, 7) is 6.76. The first-order valence-corrected chi connectivity index (χ1v) is 11.7. The average Bonchev–Trinajstić information content (AvgIpc) is 1.62. The molecule has 0 radical (unpaired) electrons. The van der Waals surface area contributed by atoms with Crippen molar-refractivity contribution < 1.29 is 0 Å². The zero-order valence-corrected chi connectivity index (χ0v) is 11.8. The van der Waals surface area contributed by atoms with Gasteiger partial charge in [0, 0.05) is 5.54 Å². The van der Waals surface area contributed by atoms with Crippen LogP contribution in [-0.2, 0) is 0 Å². The van der Waals surface area contributed by atoms with Crippen molar-refractivity contribution in [3.63, 3.8) is 0 Å². The van der Waals surface area contributed by atoms with Gasteiger partial charge in [0.05, 0.1) is 0 Å². The van der Waals surface area contributed by atoms with E-state index in [0.717, 1.165) is 0 Å². The van der Waals surface area contributed by atoms with Crippen LogP contribution in [0.3, 0.4) is 0 Å². The van der Waals surface area contributed by atoms with E-state index >= 15 is 0 Å². The van der Waals surface area contributed by atoms with Crippen molar-refractivity contribution in [1.29, 1.82) is 0 Å². The predicted molar refractivity (Wildman–Crippen MR) is 62.7 cm³/mol. The normalized spacial score (nSPS) is 13.3. The van der Waals surface area contributed by atoms with E-state index in [1.54, 1.807) is 0 Å². The van der Waals surface area contributed by atoms with Gasteiger partial charge in [-0.05, 0) is 27.8 Å². The standard InChI is InChI=1S/C5H13I2NSi/c1-5(2,3)8(4)9(6)7/h9H,1-4H3. The van der Waals surface area contributed by atoms with E-state index in [-0.39, 0.29) is 0 Å². The average molecular weight is 369 g/mol. The third-order valence-corrected chi connectivity index (χ3v) is 7.72. The van der Waals surface area contributed by atoms with E-state index in [1.165, 1.54) is 0 Å². The second-order valence-electron chi connectivity index (χ2n) is 3.06. The second-order valence-corrected chi connectivity index (χ2v) is 18.6. The van der Waals surface area contributed by atoms with Crippen LogP contribution in [0.5, 0.6) is 0 Å². The molecule has 4 heteroatoms. The lowest BCUT2D eigenvalue weighted by molar-refractivity contribution is 0.304. The zero-order valence-electron chi connectivity index (χ0n) is 6.28. The number of nitrogens with zero attached hydrogens (tertiary/aromatic N) is 1. The maximum Gasteiger partial charge on any atom is 0.248 e. The van der Waals surface area contributed by atoms with Crippen molar-refractivity contribution in [3.8, 4) is 0 Å². The van der Waals surface area contributed by atoms with Gasteiger partial charge in [0.25, 0.3) is 0 Å². The fraction of sp³-hybridized carbons (Fsp3) is 1.00. The van der Waals surface area contributed by atoms with Gasteiger partial charge in [-0.3, -0.25) is 0 Å². The Balaban J connectivity index is 3.88. The Morgan fingerprint density at radius 2 is 1.56 bits per heavy atom. The maximum absolute atomic E-state index is 2.55. The van der Waals surface area contributed by atoms with E-state index in [1.807, 2.05) is 0 Å². The van der Waals surface area contributed by atoms with Gasteiger partial charge in [-0.2, -0.15) is 0 Å². The van der Waals surface area contributed by atoms with Gasteiger partial charge in [0.15, 0.2) is 0 Å². The smallest absolute Gasteiger partial charge is 0.248 e. The molecule has 0 amide bonds. The van der Waals surface area contributed by atoms with Crippen LogP contribution in [-0.4, -0.2) is 21.1 Å². The molecule has 0 aromatic carbocycles. The molecule has 9 heavy (non-hydrogen) atoms. The molecule has 56 valence electrons. The summed E-state index contributed by atoms with van der Waals surface area (Å²) < 4.78 is 1.85. The largest absolute Gasteiger partial charge is 0.309 e. The second kappa shape index (κ2) is 3.87. The number of halogens is 2. The highest BCUT2D eigenvalue weighted by atomic mass is 127. The summed E-state index contributed by atoms with van der Waals surface area (Å²) in [4.78, 5) is 0. The summed E-state index contributed by atoms with van der Waals surface area (Å²) in [5, 5.41) is 0. The van der Waals surface area contributed by atoms with Crippen LogP contribution >= 0.6 is 43.6 Å². The molecule has 0 spiro atoms. The van der Waals surface area contributed by atoms with E-state index < -0.39 is 3.95 Å². The van der Waals surface area contributed by atoms with Gasteiger partial charge in [-0.1, -0.05) is 43.6 Å². The lowest BCUT2D eigenvalue weighted by atomic mass is 10.1. The van der Waals surface area contributed by atoms with Crippen molar-refractivity contribution in [2.24, 2.45) is 0 Å². The minimum absolute atomic E-state index is 0.360. The molecule has 0 saturated carbocycles. The van der Waals surface area contributed by atoms with Crippen LogP contribution in [0.25, 0.3) is 0 Å². The maximum atomic E-state index is 2.55. The van der Waals surface area contributed by atoms with Crippen molar-refractivity contribution in [1.82, 2.24) is 4.57 Å². The molecule has 0 aliphatic rings. The monoisotopic (exact) mass is 369 g/mol. The number of hydrogen-bond acceptors (Lipinski definition) is 1. The Bertz CT molecular complexity index is 89.4. The fourth-order valence-electron chi connectivity index (χ4n) is 0.293. The predicted octanol–water partition coefficient (Wildman–Crippen LogP) is 2.30. The van der Waals surface area contributed by atoms with Crippen LogP contribution in [0.2, 0.25) is 0 Å². The summed E-state index contributed by atoms with van der Waals surface area (Å²) in [6.07, 6.45) is 0. The SMILES string of the molecule is CN([SiH](I)I)C(C)(C)C. The summed E-state index contributed by atoms with van der Waals surface area (Å²) >= 11 is 5.09. The first-order valence-electron chi connectivity index (χ1n) is 2.87. The molecular formula is C5H13I2NSi. The summed E-state index contributed by atoms with van der Waals surface area (Å²) in [7, 11) is 2.20. The highest BCUT2D eigenvalue weighted by Crippen LogP contribution is 2.19. The molecule has 0 aliphatic carbocycles. The molecule has 0 aliphatic heterocycles. The number of hydrogen-bond donors (Lipinski definition) is 0. The van der Waals surface area contributed by atoms with Gasteiger partial charge in [0.1, 0.15) is 0 Å². The Morgan fingerprint density at radius 1 is 1.22 bits per heavy atom. The van der Waals surface area contributed by atoms with Gasteiger partial charge in [-0.15, -0.1) is 0 Å². The molecule has 0 rings (SSSR count). The highest BCUT2D eigenvalue weighted by Gasteiger charge is 2.21. The molecule has 0 unspecified atom stereocenters. The van der Waals surface area contributed by atoms with E-state index in [2.05, 4.69) is 76.0 Å². The van der Waals surface area contributed by atoms with Crippen molar-refractivity contribution >= 4 is 47.5 Å². The molecule has 0 atom stereocenters. The van der Waals surface area contributed by atoms with Gasteiger partial charge in [-0.25, -0.2) is 0 Å². The molecular weight excluding hydrogens is 356 g/mol. The highest BCUT2D eigenvalue weighted by molar-refractivity contribution is 14.3. The topological polar surface area (TPSA) is 3.24 Å². The first-order chi connectivity index (χ1) is 3.85. The van der Waals surface area contributed by atoms with Crippen molar-refractivity contribution in [3.05, 3.63) is 0 Å². The van der Waals surface area contributed by atoms with E-state index in [9.17, 15) is 0 Å². The lowest BCUT2D eigenvalue weighted by Crippen LogP contribution is -2.42. The van der Waals surface area contributed by atoms with Crippen LogP contribution in [0.4, 0.5) is 0 Å². The molecule has 0 aromatic heterocycles. The van der Waals surface area contributed by atoms with Crippen LogP contribution in [0.15, 0.2) is 0 Å². The quantitative estimate of drug-likeness (QED) is 0.390. The summed E-state index contributed by atoms with van der Waals surface area (Å²) in [6, 6.07) is 0. The third kappa shape index (κ3) is 4.15. The van der Waals surface area contributed by atoms with Crippen LogP contribution < -0.4 is 0 Å².